The number of aromatic amines is 1. The van der Waals surface area contributed by atoms with Gasteiger partial charge in [-0.15, -0.1) is 0 Å². The van der Waals surface area contributed by atoms with Crippen molar-refractivity contribution in [2.24, 2.45) is 23.7 Å². The molecule has 0 saturated carbocycles. The number of rotatable bonds is 5. The third-order valence-corrected chi connectivity index (χ3v) is 8.60. The molecule has 8 heteroatoms. The Labute approximate surface area is 215 Å². The van der Waals surface area contributed by atoms with E-state index in [-0.39, 0.29) is 29.8 Å². The van der Waals surface area contributed by atoms with Crippen molar-refractivity contribution in [3.8, 4) is 0 Å². The molecule has 0 aliphatic carbocycles. The summed E-state index contributed by atoms with van der Waals surface area (Å²) in [7, 11) is 0. The van der Waals surface area contributed by atoms with Gasteiger partial charge in [-0.1, -0.05) is 20.8 Å². The normalized spacial score (nSPS) is 30.2. The lowest BCUT2D eigenvalue weighted by atomic mass is 9.77. The van der Waals surface area contributed by atoms with E-state index in [1.165, 1.54) is 0 Å². The van der Waals surface area contributed by atoms with E-state index in [1.54, 1.807) is 0 Å². The van der Waals surface area contributed by atoms with Gasteiger partial charge in [-0.3, -0.25) is 19.5 Å². The summed E-state index contributed by atoms with van der Waals surface area (Å²) < 4.78 is 0. The molecule has 3 saturated heterocycles. The number of fused-ring (bicyclic) bond motifs is 4. The van der Waals surface area contributed by atoms with E-state index in [1.807, 2.05) is 12.4 Å². The van der Waals surface area contributed by atoms with Gasteiger partial charge in [-0.25, -0.2) is 0 Å². The minimum absolute atomic E-state index is 0.122. The Bertz CT molecular complexity index is 886. The molecule has 8 nitrogen and oxygen atoms in total. The lowest BCUT2D eigenvalue weighted by Crippen LogP contribution is -2.60. The molecule has 2 N–H and O–H groups in total. The summed E-state index contributed by atoms with van der Waals surface area (Å²) in [5.41, 5.74) is 1.13. The number of likely N-dealkylation sites (tertiary alicyclic amines) is 1. The predicted molar refractivity (Wildman–Crippen MR) is 139 cm³/mol. The number of nitrogens with zero attached hydrogens (tertiary/aromatic N) is 3. The number of nitrogens with one attached hydrogen (secondary N) is 2. The Balaban J connectivity index is 1.40. The van der Waals surface area contributed by atoms with Crippen LogP contribution < -0.4 is 5.32 Å². The highest BCUT2D eigenvalue weighted by molar-refractivity contribution is 5.78. The Hall–Kier alpha value is -2.38. The van der Waals surface area contributed by atoms with Crippen molar-refractivity contribution in [2.45, 2.75) is 97.1 Å². The van der Waals surface area contributed by atoms with Crippen LogP contribution in [-0.2, 0) is 20.8 Å². The van der Waals surface area contributed by atoms with Crippen LogP contribution in [-0.4, -0.2) is 69.4 Å². The molecule has 5 atom stereocenters. The van der Waals surface area contributed by atoms with Crippen LogP contribution in [0.3, 0.4) is 0 Å². The fourth-order valence-corrected chi connectivity index (χ4v) is 6.53. The second kappa shape index (κ2) is 12.2. The van der Waals surface area contributed by atoms with Crippen LogP contribution in [0.2, 0.25) is 0 Å². The quantitative estimate of drug-likeness (QED) is 0.647. The number of aryl methyl sites for hydroxylation is 1. The molecule has 4 rings (SSSR count). The van der Waals surface area contributed by atoms with E-state index in [0.717, 1.165) is 70.1 Å². The number of hydrogen-bond donors (Lipinski definition) is 2. The first-order chi connectivity index (χ1) is 17.3. The van der Waals surface area contributed by atoms with E-state index >= 15 is 0 Å². The molecule has 0 aromatic carbocycles. The lowest BCUT2D eigenvalue weighted by molar-refractivity contribution is -0.146. The van der Waals surface area contributed by atoms with Gasteiger partial charge in [0.2, 0.25) is 17.7 Å². The van der Waals surface area contributed by atoms with E-state index in [9.17, 15) is 14.4 Å². The second-order valence-corrected chi connectivity index (χ2v) is 11.9. The Morgan fingerprint density at radius 2 is 2.00 bits per heavy atom. The Morgan fingerprint density at radius 3 is 2.75 bits per heavy atom. The number of piperidine rings is 2. The molecule has 2 bridgehead atoms. The van der Waals surface area contributed by atoms with Crippen molar-refractivity contribution in [1.82, 2.24) is 25.3 Å². The number of aromatic nitrogens is 2. The summed E-state index contributed by atoms with van der Waals surface area (Å²) in [4.78, 5) is 43.5. The third-order valence-electron chi connectivity index (χ3n) is 8.60. The van der Waals surface area contributed by atoms with E-state index in [0.29, 0.717) is 42.9 Å². The molecule has 36 heavy (non-hydrogen) atoms. The molecule has 1 aromatic heterocycles. The summed E-state index contributed by atoms with van der Waals surface area (Å²) in [6.45, 7) is 8.71. The lowest BCUT2D eigenvalue weighted by Gasteiger charge is -2.51. The van der Waals surface area contributed by atoms with Crippen LogP contribution in [0, 0.1) is 23.7 Å². The Kier molecular flexibility index (Phi) is 9.07. The number of amides is 3. The van der Waals surface area contributed by atoms with Gasteiger partial charge in [0.25, 0.3) is 0 Å². The molecule has 3 aliphatic rings. The number of hydrogen-bond acceptors (Lipinski definition) is 4. The zero-order valence-corrected chi connectivity index (χ0v) is 22.4. The summed E-state index contributed by atoms with van der Waals surface area (Å²) in [5, 5.41) is 10.1. The van der Waals surface area contributed by atoms with Crippen LogP contribution in [0.4, 0.5) is 0 Å². The fraction of sp³-hybridized carbons (Fsp3) is 0.786. The number of H-pyrrole nitrogens is 1. The van der Waals surface area contributed by atoms with Crippen molar-refractivity contribution in [1.29, 1.82) is 0 Å². The topological polar surface area (TPSA) is 98.4 Å². The van der Waals surface area contributed by atoms with Crippen LogP contribution in [0.5, 0.6) is 0 Å². The van der Waals surface area contributed by atoms with Crippen molar-refractivity contribution < 1.29 is 14.4 Å². The average Bonchev–Trinajstić information content (AvgIpc) is 3.35. The first-order valence-corrected chi connectivity index (χ1v) is 14.1. The van der Waals surface area contributed by atoms with Crippen LogP contribution in [0.15, 0.2) is 12.4 Å². The summed E-state index contributed by atoms with van der Waals surface area (Å²) in [6.07, 6.45) is 11.6. The third kappa shape index (κ3) is 6.88. The summed E-state index contributed by atoms with van der Waals surface area (Å²) in [5.74, 6) is 1.95. The van der Waals surface area contributed by atoms with Crippen LogP contribution in [0.1, 0.15) is 84.1 Å². The van der Waals surface area contributed by atoms with Gasteiger partial charge in [-0.2, -0.15) is 5.10 Å². The minimum Gasteiger partial charge on any atom is -0.353 e. The molecule has 0 unspecified atom stereocenters. The van der Waals surface area contributed by atoms with E-state index in [4.69, 9.17) is 0 Å². The first kappa shape index (κ1) is 26.7. The van der Waals surface area contributed by atoms with Gasteiger partial charge in [-0.05, 0) is 74.2 Å². The van der Waals surface area contributed by atoms with Gasteiger partial charge in [0, 0.05) is 57.2 Å². The maximum absolute atomic E-state index is 13.5. The van der Waals surface area contributed by atoms with Crippen molar-refractivity contribution >= 4 is 17.7 Å². The monoisotopic (exact) mass is 499 g/mol. The molecular formula is C28H45N5O3. The number of carbonyl (C=O) groups is 3. The van der Waals surface area contributed by atoms with Crippen LogP contribution in [0.25, 0.3) is 0 Å². The predicted octanol–water partition coefficient (Wildman–Crippen LogP) is 3.54. The van der Waals surface area contributed by atoms with Gasteiger partial charge in [0.1, 0.15) is 0 Å². The summed E-state index contributed by atoms with van der Waals surface area (Å²) >= 11 is 0. The fourth-order valence-electron chi connectivity index (χ4n) is 6.53. The second-order valence-electron chi connectivity index (χ2n) is 11.9. The molecule has 0 radical (unpaired) electrons. The molecule has 4 heterocycles. The molecule has 200 valence electrons. The van der Waals surface area contributed by atoms with Gasteiger partial charge in [0.05, 0.1) is 6.20 Å². The highest BCUT2D eigenvalue weighted by atomic mass is 16.2. The standard InChI is InChI=1S/C28H45N5O3/c1-19(2)24-11-10-20(3)12-28(36)33-17-22-13-23(25(33)7-5-8-26(34)31-24)18-32(16-22)27(35)9-4-6-21-14-29-30-15-21/h14-15,19-20,22-25H,4-13,16-18H2,1-3H3,(H,29,30)(H,31,34)/t20-,22+,23-,24+,25+/m1/s1. The molecule has 3 amide bonds. The first-order valence-electron chi connectivity index (χ1n) is 14.1. The Morgan fingerprint density at radius 1 is 1.17 bits per heavy atom. The maximum atomic E-state index is 13.5. The smallest absolute Gasteiger partial charge is 0.223 e. The maximum Gasteiger partial charge on any atom is 0.223 e. The van der Waals surface area contributed by atoms with E-state index < -0.39 is 0 Å². The van der Waals surface area contributed by atoms with Crippen LogP contribution >= 0.6 is 0 Å². The SMILES string of the molecule is CC(C)[C@@H]1CC[C@@H](C)CC(=O)N2C[C@H]3C[C@H](CN(C(=O)CCCc4cn[nH]c4)C3)[C@@H]2CCCC(=O)N1. The zero-order chi connectivity index (χ0) is 25.7. The molecule has 3 fully saturated rings. The van der Waals surface area contributed by atoms with Crippen molar-refractivity contribution in [2.75, 3.05) is 19.6 Å². The summed E-state index contributed by atoms with van der Waals surface area (Å²) in [6, 6.07) is 0.294. The van der Waals surface area contributed by atoms with Crippen molar-refractivity contribution in [3.63, 3.8) is 0 Å². The van der Waals surface area contributed by atoms with Gasteiger partial charge in [0.15, 0.2) is 0 Å². The largest absolute Gasteiger partial charge is 0.353 e. The molecule has 3 aliphatic heterocycles. The van der Waals surface area contributed by atoms with E-state index in [2.05, 4.69) is 46.1 Å². The zero-order valence-electron chi connectivity index (χ0n) is 22.4. The highest BCUT2D eigenvalue weighted by Crippen LogP contribution is 2.37. The van der Waals surface area contributed by atoms with Gasteiger partial charge < -0.3 is 15.1 Å². The van der Waals surface area contributed by atoms with Gasteiger partial charge >= 0.3 is 0 Å². The van der Waals surface area contributed by atoms with Crippen molar-refractivity contribution in [3.05, 3.63) is 18.0 Å². The molecule has 1 aromatic rings. The average molecular weight is 500 g/mol. The molecular weight excluding hydrogens is 454 g/mol. The highest BCUT2D eigenvalue weighted by Gasteiger charge is 2.43. The molecule has 0 spiro atoms. The minimum atomic E-state index is 0.122. The number of carbonyl (C=O) groups excluding carboxylic acids is 3.